The number of aromatic nitrogens is 3. The number of rotatable bonds is 4. The first-order valence-corrected chi connectivity index (χ1v) is 8.87. The fraction of sp³-hybridized carbons (Fsp3) is 0.429. The second-order valence-electron chi connectivity index (χ2n) is 5.25. The molecule has 0 radical (unpaired) electrons. The number of nitrogens with zero attached hydrogens (tertiary/aromatic N) is 4. The molecule has 7 nitrogen and oxygen atoms in total. The van der Waals surface area contributed by atoms with Crippen molar-refractivity contribution < 1.29 is 13.2 Å². The molecule has 1 aliphatic rings. The summed E-state index contributed by atoms with van der Waals surface area (Å²) >= 11 is 0. The van der Waals surface area contributed by atoms with Crippen molar-refractivity contribution in [3.05, 3.63) is 36.9 Å². The average molecular weight is 322 g/mol. The molecule has 3 rings (SSSR count). The van der Waals surface area contributed by atoms with Crippen molar-refractivity contribution in [2.24, 2.45) is 0 Å². The third kappa shape index (κ3) is 3.34. The van der Waals surface area contributed by atoms with Gasteiger partial charge in [-0.25, -0.2) is 13.4 Å². The summed E-state index contributed by atoms with van der Waals surface area (Å²) in [7, 11) is -3.18. The molecule has 0 unspecified atom stereocenters. The van der Waals surface area contributed by atoms with Crippen LogP contribution in [0.15, 0.2) is 36.9 Å². The standard InChI is InChI=1S/C14H18N4O3S/c1-22(19,20)18-8-9-21-13(11-18)10-17-7-6-16-14(17)12-2-4-15-5-3-12/h2-7,13H,8-11H2,1H3/t13-/m0/s1. The number of hydrogen-bond acceptors (Lipinski definition) is 5. The van der Waals surface area contributed by atoms with E-state index in [1.165, 1.54) is 10.6 Å². The quantitative estimate of drug-likeness (QED) is 0.824. The van der Waals surface area contributed by atoms with E-state index in [-0.39, 0.29) is 6.10 Å². The fourth-order valence-electron chi connectivity index (χ4n) is 2.54. The van der Waals surface area contributed by atoms with Gasteiger partial charge in [-0.15, -0.1) is 0 Å². The van der Waals surface area contributed by atoms with Crippen LogP contribution in [0.2, 0.25) is 0 Å². The lowest BCUT2D eigenvalue weighted by Crippen LogP contribution is -2.46. The molecule has 3 heterocycles. The van der Waals surface area contributed by atoms with Crippen molar-refractivity contribution >= 4 is 10.0 Å². The molecule has 2 aromatic heterocycles. The van der Waals surface area contributed by atoms with Gasteiger partial charge in [0, 0.05) is 43.4 Å². The molecule has 2 aromatic rings. The Kier molecular flexibility index (Phi) is 4.23. The molecule has 0 saturated carbocycles. The Morgan fingerprint density at radius 3 is 2.82 bits per heavy atom. The van der Waals surface area contributed by atoms with Crippen LogP contribution in [0, 0.1) is 0 Å². The van der Waals surface area contributed by atoms with Gasteiger partial charge < -0.3 is 9.30 Å². The Balaban J connectivity index is 1.76. The lowest BCUT2D eigenvalue weighted by atomic mass is 10.2. The molecule has 0 aromatic carbocycles. The minimum Gasteiger partial charge on any atom is -0.374 e. The summed E-state index contributed by atoms with van der Waals surface area (Å²) in [6.07, 6.45) is 8.09. The van der Waals surface area contributed by atoms with E-state index in [2.05, 4.69) is 9.97 Å². The molecule has 0 N–H and O–H groups in total. The summed E-state index contributed by atoms with van der Waals surface area (Å²) in [5, 5.41) is 0. The lowest BCUT2D eigenvalue weighted by molar-refractivity contribution is -0.00978. The van der Waals surface area contributed by atoms with Crippen LogP contribution in [0.25, 0.3) is 11.4 Å². The third-order valence-electron chi connectivity index (χ3n) is 3.62. The maximum absolute atomic E-state index is 11.7. The molecule has 1 fully saturated rings. The van der Waals surface area contributed by atoms with Gasteiger partial charge in [-0.1, -0.05) is 0 Å². The Labute approximate surface area is 129 Å². The summed E-state index contributed by atoms with van der Waals surface area (Å²) in [5.41, 5.74) is 0.968. The molecule has 1 aliphatic heterocycles. The van der Waals surface area contributed by atoms with Crippen molar-refractivity contribution in [2.75, 3.05) is 26.0 Å². The predicted molar refractivity (Wildman–Crippen MR) is 81.6 cm³/mol. The highest BCUT2D eigenvalue weighted by Crippen LogP contribution is 2.18. The average Bonchev–Trinajstić information content (AvgIpc) is 2.96. The van der Waals surface area contributed by atoms with E-state index < -0.39 is 10.0 Å². The van der Waals surface area contributed by atoms with E-state index in [1.807, 2.05) is 22.9 Å². The summed E-state index contributed by atoms with van der Waals surface area (Å²) in [4.78, 5) is 8.37. The van der Waals surface area contributed by atoms with E-state index in [9.17, 15) is 8.42 Å². The summed E-state index contributed by atoms with van der Waals surface area (Å²) in [6.45, 7) is 1.75. The Morgan fingerprint density at radius 1 is 1.32 bits per heavy atom. The van der Waals surface area contributed by atoms with Gasteiger partial charge in [-0.3, -0.25) is 4.98 Å². The first-order chi connectivity index (χ1) is 10.5. The van der Waals surface area contributed by atoms with Crippen LogP contribution >= 0.6 is 0 Å². The van der Waals surface area contributed by atoms with Crippen molar-refractivity contribution in [1.29, 1.82) is 0 Å². The molecule has 0 amide bonds. The Bertz CT molecular complexity index is 730. The Morgan fingerprint density at radius 2 is 2.09 bits per heavy atom. The molecule has 8 heteroatoms. The topological polar surface area (TPSA) is 77.3 Å². The first kappa shape index (κ1) is 15.1. The van der Waals surface area contributed by atoms with E-state index in [0.717, 1.165) is 11.4 Å². The molecule has 22 heavy (non-hydrogen) atoms. The van der Waals surface area contributed by atoms with Crippen molar-refractivity contribution in [3.63, 3.8) is 0 Å². The van der Waals surface area contributed by atoms with Gasteiger partial charge in [-0.05, 0) is 12.1 Å². The summed E-state index contributed by atoms with van der Waals surface area (Å²) in [5.74, 6) is 0.822. The smallest absolute Gasteiger partial charge is 0.211 e. The number of pyridine rings is 1. The van der Waals surface area contributed by atoms with E-state index >= 15 is 0 Å². The zero-order valence-electron chi connectivity index (χ0n) is 12.3. The van der Waals surface area contributed by atoms with E-state index in [4.69, 9.17) is 4.74 Å². The van der Waals surface area contributed by atoms with E-state index in [0.29, 0.717) is 26.2 Å². The van der Waals surface area contributed by atoms with Crippen LogP contribution in [0.4, 0.5) is 0 Å². The minimum atomic E-state index is -3.18. The number of ether oxygens (including phenoxy) is 1. The summed E-state index contributed by atoms with van der Waals surface area (Å²) in [6, 6.07) is 3.78. The van der Waals surface area contributed by atoms with Crippen LogP contribution in [-0.4, -0.2) is 59.3 Å². The highest BCUT2D eigenvalue weighted by molar-refractivity contribution is 7.88. The maximum Gasteiger partial charge on any atom is 0.211 e. The number of sulfonamides is 1. The molecule has 118 valence electrons. The van der Waals surface area contributed by atoms with Crippen LogP contribution in [0.3, 0.4) is 0 Å². The molecule has 1 atom stereocenters. The predicted octanol–water partition coefficient (Wildman–Crippen LogP) is 0.605. The molecular weight excluding hydrogens is 304 g/mol. The SMILES string of the molecule is CS(=O)(=O)N1CCO[C@@H](Cn2ccnc2-c2ccncc2)C1. The van der Waals surface area contributed by atoms with Gasteiger partial charge in [0.05, 0.1) is 25.5 Å². The number of imidazole rings is 1. The van der Waals surface area contributed by atoms with Gasteiger partial charge in [0.1, 0.15) is 5.82 Å². The van der Waals surface area contributed by atoms with Crippen LogP contribution in [0.1, 0.15) is 0 Å². The number of hydrogen-bond donors (Lipinski definition) is 0. The molecule has 0 bridgehead atoms. The zero-order chi connectivity index (χ0) is 15.6. The largest absolute Gasteiger partial charge is 0.374 e. The van der Waals surface area contributed by atoms with Gasteiger partial charge in [-0.2, -0.15) is 4.31 Å². The lowest BCUT2D eigenvalue weighted by Gasteiger charge is -2.31. The monoisotopic (exact) mass is 322 g/mol. The highest BCUT2D eigenvalue weighted by Gasteiger charge is 2.27. The first-order valence-electron chi connectivity index (χ1n) is 7.02. The highest BCUT2D eigenvalue weighted by atomic mass is 32.2. The van der Waals surface area contributed by atoms with E-state index in [1.54, 1.807) is 18.6 Å². The third-order valence-corrected chi connectivity index (χ3v) is 4.89. The molecule has 1 saturated heterocycles. The van der Waals surface area contributed by atoms with Gasteiger partial charge in [0.15, 0.2) is 0 Å². The van der Waals surface area contributed by atoms with Crippen molar-refractivity contribution in [3.8, 4) is 11.4 Å². The second kappa shape index (κ2) is 6.15. The molecule has 0 spiro atoms. The number of morpholine rings is 1. The molecular formula is C14H18N4O3S. The van der Waals surface area contributed by atoms with Gasteiger partial charge in [0.25, 0.3) is 0 Å². The maximum atomic E-state index is 11.7. The van der Waals surface area contributed by atoms with Crippen LogP contribution in [-0.2, 0) is 21.3 Å². The molecule has 0 aliphatic carbocycles. The van der Waals surface area contributed by atoms with Crippen molar-refractivity contribution in [2.45, 2.75) is 12.6 Å². The Hall–Kier alpha value is -1.77. The van der Waals surface area contributed by atoms with Crippen LogP contribution in [0.5, 0.6) is 0 Å². The minimum absolute atomic E-state index is 0.182. The van der Waals surface area contributed by atoms with Crippen molar-refractivity contribution in [1.82, 2.24) is 18.8 Å². The zero-order valence-corrected chi connectivity index (χ0v) is 13.1. The van der Waals surface area contributed by atoms with Crippen LogP contribution < -0.4 is 0 Å². The van der Waals surface area contributed by atoms with Gasteiger partial charge >= 0.3 is 0 Å². The summed E-state index contributed by atoms with van der Waals surface area (Å²) < 4.78 is 32.5. The fourth-order valence-corrected chi connectivity index (χ4v) is 3.38. The van der Waals surface area contributed by atoms with Gasteiger partial charge in [0.2, 0.25) is 10.0 Å². The normalized spacial score (nSPS) is 20.1. The second-order valence-corrected chi connectivity index (χ2v) is 7.24.